The summed E-state index contributed by atoms with van der Waals surface area (Å²) in [5.41, 5.74) is -0.723. The number of hydrogen-bond donors (Lipinski definition) is 0. The summed E-state index contributed by atoms with van der Waals surface area (Å²) in [7, 11) is 0. The highest BCUT2D eigenvalue weighted by atomic mass is 19.1. The fourth-order valence-electron chi connectivity index (χ4n) is 1.84. The normalized spacial score (nSPS) is 9.95. The van der Waals surface area contributed by atoms with E-state index in [4.69, 9.17) is 0 Å². The van der Waals surface area contributed by atoms with Gasteiger partial charge in [-0.1, -0.05) is 12.0 Å². The second kappa shape index (κ2) is 5.57. The molecule has 102 valence electrons. The Bertz CT molecular complexity index is 822. The van der Waals surface area contributed by atoms with Gasteiger partial charge in [-0.2, -0.15) is 0 Å². The minimum Gasteiger partial charge on any atom is -0.298 e. The van der Waals surface area contributed by atoms with Gasteiger partial charge in [0.05, 0.1) is 12.2 Å². The van der Waals surface area contributed by atoms with Crippen molar-refractivity contribution < 1.29 is 4.39 Å². The molecule has 0 bridgehead atoms. The van der Waals surface area contributed by atoms with Crippen LogP contribution in [0.1, 0.15) is 12.5 Å². The average molecular weight is 272 g/mol. The lowest BCUT2D eigenvalue weighted by Crippen LogP contribution is -2.40. The number of hydrogen-bond acceptors (Lipinski definition) is 2. The first-order valence-electron chi connectivity index (χ1n) is 6.03. The van der Waals surface area contributed by atoms with Crippen LogP contribution >= 0.6 is 0 Å². The van der Waals surface area contributed by atoms with Crippen LogP contribution in [0.15, 0.2) is 40.2 Å². The van der Waals surface area contributed by atoms with Gasteiger partial charge in [-0.25, -0.2) is 4.39 Å². The Morgan fingerprint density at radius 1 is 1.20 bits per heavy atom. The zero-order chi connectivity index (χ0) is 14.7. The minimum absolute atomic E-state index is 0.160. The Kier molecular flexibility index (Phi) is 3.85. The Morgan fingerprint density at radius 2 is 1.95 bits per heavy atom. The lowest BCUT2D eigenvalue weighted by atomic mass is 10.2. The lowest BCUT2D eigenvalue weighted by molar-refractivity contribution is 0.616. The second-order valence-corrected chi connectivity index (χ2v) is 4.22. The van der Waals surface area contributed by atoms with Crippen molar-refractivity contribution in [3.8, 4) is 17.5 Å². The molecule has 0 aliphatic heterocycles. The highest BCUT2D eigenvalue weighted by Gasteiger charge is 2.10. The molecule has 0 amide bonds. The van der Waals surface area contributed by atoms with E-state index in [1.165, 1.54) is 29.1 Å². The summed E-state index contributed by atoms with van der Waals surface area (Å²) >= 11 is 0. The van der Waals surface area contributed by atoms with Crippen LogP contribution in [0.4, 0.5) is 4.39 Å². The van der Waals surface area contributed by atoms with Crippen molar-refractivity contribution >= 4 is 0 Å². The van der Waals surface area contributed by atoms with Crippen molar-refractivity contribution in [3.63, 3.8) is 0 Å². The molecule has 0 atom stereocenters. The number of halogens is 1. The summed E-state index contributed by atoms with van der Waals surface area (Å²) in [6.45, 7) is 3.38. The molecule has 0 aliphatic rings. The summed E-state index contributed by atoms with van der Waals surface area (Å²) in [4.78, 5) is 24.0. The fraction of sp³-hybridized carbons (Fsp3) is 0.200. The Balaban J connectivity index is 2.62. The predicted octanol–water partition coefficient (Wildman–Crippen LogP) is 1.47. The van der Waals surface area contributed by atoms with E-state index >= 15 is 0 Å². The van der Waals surface area contributed by atoms with Crippen LogP contribution in [-0.4, -0.2) is 9.13 Å². The van der Waals surface area contributed by atoms with Crippen LogP contribution in [0.25, 0.3) is 5.69 Å². The summed E-state index contributed by atoms with van der Waals surface area (Å²) in [6.07, 6.45) is 2.92. The van der Waals surface area contributed by atoms with Crippen molar-refractivity contribution in [2.24, 2.45) is 0 Å². The van der Waals surface area contributed by atoms with Crippen LogP contribution in [0, 0.1) is 24.6 Å². The second-order valence-electron chi connectivity index (χ2n) is 4.22. The first-order valence-corrected chi connectivity index (χ1v) is 6.03. The SMILES string of the molecule is CC#CCn1ccn(-c2cccc(F)c2C)c(=O)c1=O. The maximum atomic E-state index is 13.5. The number of benzene rings is 1. The molecule has 2 aromatic rings. The summed E-state index contributed by atoms with van der Waals surface area (Å²) in [6, 6.07) is 4.40. The molecule has 0 N–H and O–H groups in total. The molecule has 0 saturated carbocycles. The molecule has 0 saturated heterocycles. The quantitative estimate of drug-likeness (QED) is 0.614. The standard InChI is InChI=1S/C15H13FN2O2/c1-3-4-8-17-9-10-18(15(20)14(17)19)13-7-5-6-12(16)11(13)2/h5-7,9-10H,8H2,1-2H3. The third-order valence-electron chi connectivity index (χ3n) is 2.98. The molecule has 0 unspecified atom stereocenters. The third-order valence-corrected chi connectivity index (χ3v) is 2.98. The average Bonchev–Trinajstić information content (AvgIpc) is 2.44. The van der Waals surface area contributed by atoms with Crippen molar-refractivity contribution in [2.75, 3.05) is 0 Å². The zero-order valence-electron chi connectivity index (χ0n) is 11.2. The van der Waals surface area contributed by atoms with Crippen molar-refractivity contribution in [1.29, 1.82) is 0 Å². The molecular formula is C15H13FN2O2. The van der Waals surface area contributed by atoms with Crippen LogP contribution < -0.4 is 11.1 Å². The van der Waals surface area contributed by atoms with Gasteiger partial charge in [0.25, 0.3) is 0 Å². The van der Waals surface area contributed by atoms with Gasteiger partial charge in [-0.05, 0) is 26.0 Å². The zero-order valence-corrected chi connectivity index (χ0v) is 11.2. The van der Waals surface area contributed by atoms with Crippen molar-refractivity contribution in [3.05, 3.63) is 62.7 Å². The minimum atomic E-state index is -0.723. The topological polar surface area (TPSA) is 44.0 Å². The molecule has 20 heavy (non-hydrogen) atoms. The Labute approximate surface area is 115 Å². The molecule has 0 radical (unpaired) electrons. The predicted molar refractivity (Wildman–Crippen MR) is 74.4 cm³/mol. The molecule has 4 nitrogen and oxygen atoms in total. The molecule has 1 aromatic carbocycles. The number of aromatic nitrogens is 2. The van der Waals surface area contributed by atoms with E-state index in [0.717, 1.165) is 4.57 Å². The highest BCUT2D eigenvalue weighted by molar-refractivity contribution is 5.40. The Morgan fingerprint density at radius 3 is 2.65 bits per heavy atom. The van der Waals surface area contributed by atoms with Gasteiger partial charge in [0, 0.05) is 18.0 Å². The fourth-order valence-corrected chi connectivity index (χ4v) is 1.84. The molecule has 5 heteroatoms. The molecule has 0 fully saturated rings. The van der Waals surface area contributed by atoms with Crippen LogP contribution in [0.2, 0.25) is 0 Å². The van der Waals surface area contributed by atoms with Crippen molar-refractivity contribution in [1.82, 2.24) is 9.13 Å². The van der Waals surface area contributed by atoms with Gasteiger partial charge < -0.3 is 0 Å². The van der Waals surface area contributed by atoms with Gasteiger partial charge >= 0.3 is 11.1 Å². The molecule has 0 aliphatic carbocycles. The van der Waals surface area contributed by atoms with E-state index in [1.54, 1.807) is 19.9 Å². The van der Waals surface area contributed by atoms with Gasteiger partial charge in [-0.3, -0.25) is 18.7 Å². The largest absolute Gasteiger partial charge is 0.321 e. The maximum absolute atomic E-state index is 13.5. The van der Waals surface area contributed by atoms with E-state index in [1.807, 2.05) is 0 Å². The monoisotopic (exact) mass is 272 g/mol. The van der Waals surface area contributed by atoms with Crippen LogP contribution in [0.3, 0.4) is 0 Å². The number of nitrogens with zero attached hydrogens (tertiary/aromatic N) is 2. The van der Waals surface area contributed by atoms with Crippen molar-refractivity contribution in [2.45, 2.75) is 20.4 Å². The van der Waals surface area contributed by atoms with Crippen LogP contribution in [0.5, 0.6) is 0 Å². The van der Waals surface area contributed by atoms with E-state index in [2.05, 4.69) is 11.8 Å². The summed E-state index contributed by atoms with van der Waals surface area (Å²) in [5.74, 6) is 4.95. The van der Waals surface area contributed by atoms with Gasteiger partial charge in [0.1, 0.15) is 5.82 Å². The van der Waals surface area contributed by atoms with Gasteiger partial charge in [-0.15, -0.1) is 5.92 Å². The third kappa shape index (κ3) is 2.41. The molecule has 0 spiro atoms. The van der Waals surface area contributed by atoms with Gasteiger partial charge in [0.15, 0.2) is 0 Å². The highest BCUT2D eigenvalue weighted by Crippen LogP contribution is 2.14. The van der Waals surface area contributed by atoms with E-state index < -0.39 is 16.9 Å². The molecular weight excluding hydrogens is 259 g/mol. The van der Waals surface area contributed by atoms with E-state index in [9.17, 15) is 14.0 Å². The maximum Gasteiger partial charge on any atom is 0.321 e. The van der Waals surface area contributed by atoms with Crippen LogP contribution in [-0.2, 0) is 6.54 Å². The molecule has 1 aromatic heterocycles. The molecule has 2 rings (SSSR count). The first-order chi connectivity index (χ1) is 9.56. The van der Waals surface area contributed by atoms with E-state index in [0.29, 0.717) is 11.3 Å². The van der Waals surface area contributed by atoms with Gasteiger partial charge in [0.2, 0.25) is 0 Å². The first kappa shape index (κ1) is 13.8. The lowest BCUT2D eigenvalue weighted by Gasteiger charge is -2.10. The molecule has 1 heterocycles. The van der Waals surface area contributed by atoms with E-state index in [-0.39, 0.29) is 6.54 Å². The summed E-state index contributed by atoms with van der Waals surface area (Å²) < 4.78 is 15.9. The number of rotatable bonds is 2. The summed E-state index contributed by atoms with van der Waals surface area (Å²) in [5, 5.41) is 0. The Hall–Kier alpha value is -2.61. The smallest absolute Gasteiger partial charge is 0.298 e.